The van der Waals surface area contributed by atoms with Gasteiger partial charge < -0.3 is 19.3 Å². The number of phosphoric acid groups is 1. The predicted octanol–water partition coefficient (Wildman–Crippen LogP) is 25.3. The average molecular weight is 1180 g/mol. The van der Waals surface area contributed by atoms with E-state index in [9.17, 15) is 23.9 Å². The normalized spacial score (nSPS) is 12.2. The van der Waals surface area contributed by atoms with Crippen molar-refractivity contribution in [3.63, 3.8) is 0 Å². The molecule has 0 aliphatic heterocycles. The summed E-state index contributed by atoms with van der Waals surface area (Å²) >= 11 is 0. The highest BCUT2D eigenvalue weighted by Crippen LogP contribution is 2.36. The Hall–Kier alpha value is -0.950. The van der Waals surface area contributed by atoms with Crippen LogP contribution in [-0.2, 0) is 28.2 Å². The van der Waals surface area contributed by atoms with Gasteiger partial charge in [-0.25, -0.2) is 4.57 Å². The number of rotatable bonds is 72. The lowest BCUT2D eigenvalue weighted by molar-refractivity contribution is -0.161. The van der Waals surface area contributed by atoms with Crippen LogP contribution in [0.15, 0.2) is 0 Å². The molecule has 2 N–H and O–H groups in total. The van der Waals surface area contributed by atoms with Gasteiger partial charge in [0.15, 0.2) is 6.10 Å². The fraction of sp³-hybridized carbons (Fsp3) is 0.973. The van der Waals surface area contributed by atoms with Crippen molar-refractivity contribution in [1.29, 1.82) is 0 Å². The van der Waals surface area contributed by atoms with Crippen LogP contribution in [0.2, 0.25) is 0 Å². The summed E-state index contributed by atoms with van der Waals surface area (Å²) in [5.41, 5.74) is 0. The first-order valence-corrected chi connectivity index (χ1v) is 38.9. The maximum absolute atomic E-state index is 12.6. The van der Waals surface area contributed by atoms with Crippen molar-refractivity contribution in [1.82, 2.24) is 0 Å². The molecule has 0 fully saturated rings. The molecule has 8 nitrogen and oxygen atoms in total. The van der Waals surface area contributed by atoms with E-state index in [1.807, 2.05) is 0 Å². The van der Waals surface area contributed by atoms with Crippen LogP contribution in [0.4, 0.5) is 0 Å². The largest absolute Gasteiger partial charge is 0.469 e. The van der Waals surface area contributed by atoms with Gasteiger partial charge in [-0.2, -0.15) is 0 Å². The quantitative estimate of drug-likeness (QED) is 0.0351. The van der Waals surface area contributed by atoms with E-state index in [-0.39, 0.29) is 25.4 Å². The number of ether oxygens (including phenoxy) is 2. The first-order valence-electron chi connectivity index (χ1n) is 37.3. The molecule has 0 heterocycles. The van der Waals surface area contributed by atoms with E-state index in [2.05, 4.69) is 18.4 Å². The van der Waals surface area contributed by atoms with E-state index in [0.717, 1.165) is 32.1 Å². The Morgan fingerprint density at radius 2 is 0.439 bits per heavy atom. The molecule has 0 rings (SSSR count). The van der Waals surface area contributed by atoms with Gasteiger partial charge in [-0.15, -0.1) is 0 Å². The first-order chi connectivity index (χ1) is 40.3. The number of unbranched alkanes of at least 4 members (excludes halogenated alkanes) is 62. The summed E-state index contributed by atoms with van der Waals surface area (Å²) in [6.45, 7) is 3.80. The van der Waals surface area contributed by atoms with Crippen LogP contribution in [0.1, 0.15) is 438 Å². The molecule has 0 aromatic heterocycles. The maximum atomic E-state index is 12.6. The van der Waals surface area contributed by atoms with Crippen LogP contribution >= 0.6 is 7.82 Å². The highest BCUT2D eigenvalue weighted by molar-refractivity contribution is 7.46. The zero-order chi connectivity index (χ0) is 59.4. The van der Waals surface area contributed by atoms with E-state index in [1.54, 1.807) is 0 Å². The highest BCUT2D eigenvalue weighted by atomic mass is 31.2. The second-order valence-electron chi connectivity index (χ2n) is 26.0. The summed E-state index contributed by atoms with van der Waals surface area (Å²) in [5.74, 6) is -0.851. The summed E-state index contributed by atoms with van der Waals surface area (Å²) in [6, 6.07) is 0. The van der Waals surface area contributed by atoms with Gasteiger partial charge >= 0.3 is 19.8 Å². The molecule has 0 spiro atoms. The van der Waals surface area contributed by atoms with E-state index in [0.29, 0.717) is 6.42 Å². The van der Waals surface area contributed by atoms with Crippen LogP contribution in [-0.4, -0.2) is 41.0 Å². The molecule has 0 radical (unpaired) electrons. The van der Waals surface area contributed by atoms with Crippen LogP contribution in [0.25, 0.3) is 0 Å². The summed E-state index contributed by atoms with van der Waals surface area (Å²) < 4.78 is 26.8. The van der Waals surface area contributed by atoms with Crippen molar-refractivity contribution in [2.24, 2.45) is 0 Å². The van der Waals surface area contributed by atoms with Gasteiger partial charge in [0.2, 0.25) is 0 Å². The fourth-order valence-corrected chi connectivity index (χ4v) is 12.5. The molecule has 0 saturated carbocycles. The van der Waals surface area contributed by atoms with Crippen molar-refractivity contribution >= 4 is 19.8 Å². The Bertz CT molecular complexity index is 1290. The molecule has 1 atom stereocenters. The lowest BCUT2D eigenvalue weighted by atomic mass is 10.0. The van der Waals surface area contributed by atoms with Gasteiger partial charge in [0, 0.05) is 12.8 Å². The zero-order valence-electron chi connectivity index (χ0n) is 55.5. The Morgan fingerprint density at radius 3 is 0.622 bits per heavy atom. The van der Waals surface area contributed by atoms with Gasteiger partial charge in [0.05, 0.1) is 6.61 Å². The summed E-state index contributed by atoms with van der Waals surface area (Å²) in [6.07, 6.45) is 86.5. The molecule has 0 aliphatic carbocycles. The smallest absolute Gasteiger partial charge is 0.462 e. The minimum absolute atomic E-state index is 0.222. The zero-order valence-corrected chi connectivity index (χ0v) is 56.3. The third-order valence-corrected chi connectivity index (χ3v) is 18.1. The second kappa shape index (κ2) is 69.2. The molecular formula is C73H145O8P. The van der Waals surface area contributed by atoms with Crippen molar-refractivity contribution < 1.29 is 37.9 Å². The molecule has 9 heteroatoms. The Morgan fingerprint density at radius 1 is 0.268 bits per heavy atom. The third kappa shape index (κ3) is 71.5. The molecule has 0 amide bonds. The Balaban J connectivity index is 3.58. The summed E-state index contributed by atoms with van der Waals surface area (Å²) in [5, 5.41) is 0. The average Bonchev–Trinajstić information content (AvgIpc) is 3.47. The molecule has 0 aliphatic rings. The molecule has 0 saturated heterocycles. The molecule has 0 unspecified atom stereocenters. The summed E-state index contributed by atoms with van der Waals surface area (Å²) in [4.78, 5) is 43.5. The lowest BCUT2D eigenvalue weighted by Crippen LogP contribution is -2.29. The van der Waals surface area contributed by atoms with E-state index >= 15 is 0 Å². The number of carbonyl (C=O) groups excluding carboxylic acids is 2. The van der Waals surface area contributed by atoms with Gasteiger partial charge in [0.25, 0.3) is 0 Å². The van der Waals surface area contributed by atoms with Gasteiger partial charge in [0.1, 0.15) is 6.61 Å². The first kappa shape index (κ1) is 81.0. The van der Waals surface area contributed by atoms with Crippen LogP contribution < -0.4 is 0 Å². The summed E-state index contributed by atoms with van der Waals surface area (Å²) in [7, 11) is -4.76. The van der Waals surface area contributed by atoms with Crippen LogP contribution in [0, 0.1) is 0 Å². The number of phosphoric ester groups is 1. The van der Waals surface area contributed by atoms with Gasteiger partial charge in [-0.05, 0) is 12.8 Å². The Labute approximate surface area is 512 Å². The minimum Gasteiger partial charge on any atom is -0.462 e. The molecule has 490 valence electrons. The topological polar surface area (TPSA) is 119 Å². The van der Waals surface area contributed by atoms with Gasteiger partial charge in [-0.3, -0.25) is 14.1 Å². The number of hydrogen-bond donors (Lipinski definition) is 2. The molecular weight excluding hydrogens is 1040 g/mol. The lowest BCUT2D eigenvalue weighted by Gasteiger charge is -2.18. The van der Waals surface area contributed by atoms with Crippen molar-refractivity contribution in [3.8, 4) is 0 Å². The predicted molar refractivity (Wildman–Crippen MR) is 355 cm³/mol. The van der Waals surface area contributed by atoms with Crippen molar-refractivity contribution in [3.05, 3.63) is 0 Å². The number of carbonyl (C=O) groups is 2. The SMILES string of the molecule is CCCCCCCCCCCCCCCCCCCCCCCCCCCCCCCCCCC(=O)OC[C@H](COP(=O)(O)O)OC(=O)CCCCCCCCCCCCCCCCCCCCCCCCCCCCCCCCCC. The van der Waals surface area contributed by atoms with Gasteiger partial charge in [-0.1, -0.05) is 412 Å². The van der Waals surface area contributed by atoms with E-state index in [4.69, 9.17) is 9.47 Å². The number of esters is 2. The molecule has 0 aromatic rings. The van der Waals surface area contributed by atoms with Crippen molar-refractivity contribution in [2.45, 2.75) is 444 Å². The Kier molecular flexibility index (Phi) is 68.4. The molecule has 82 heavy (non-hydrogen) atoms. The highest BCUT2D eigenvalue weighted by Gasteiger charge is 2.23. The second-order valence-corrected chi connectivity index (χ2v) is 27.2. The molecule has 0 aromatic carbocycles. The van der Waals surface area contributed by atoms with E-state index in [1.165, 1.54) is 372 Å². The van der Waals surface area contributed by atoms with E-state index < -0.39 is 26.5 Å². The standard InChI is InChI=1S/C73H145O8P/c1-3-5-7-9-11-13-15-17-19-21-23-25-27-29-31-33-35-37-39-41-43-45-47-49-51-53-55-57-59-61-63-65-67-72(74)79-69-71(70-80-82(76,77)78)81-73(75)68-66-64-62-60-58-56-54-52-50-48-46-44-42-40-38-36-34-32-30-28-26-24-22-20-18-16-14-12-10-8-6-4-2/h71H,3-70H2,1-2H3,(H2,76,77,78)/t71-/m1/s1. The monoisotopic (exact) mass is 1180 g/mol. The van der Waals surface area contributed by atoms with Crippen molar-refractivity contribution in [2.75, 3.05) is 13.2 Å². The molecule has 0 bridgehead atoms. The minimum atomic E-state index is -4.76. The number of hydrogen-bond acceptors (Lipinski definition) is 6. The fourth-order valence-electron chi connectivity index (χ4n) is 12.1. The van der Waals surface area contributed by atoms with Crippen LogP contribution in [0.3, 0.4) is 0 Å². The van der Waals surface area contributed by atoms with Crippen LogP contribution in [0.5, 0.6) is 0 Å². The third-order valence-electron chi connectivity index (χ3n) is 17.6. The maximum Gasteiger partial charge on any atom is 0.469 e.